The highest BCUT2D eigenvalue weighted by Crippen LogP contribution is 2.18. The molecular weight excluding hydrogens is 308 g/mol. The van der Waals surface area contributed by atoms with Crippen LogP contribution in [-0.4, -0.2) is 33.6 Å². The van der Waals surface area contributed by atoms with Crippen LogP contribution in [0.25, 0.3) is 0 Å². The summed E-state index contributed by atoms with van der Waals surface area (Å²) >= 11 is 5.82. The molecule has 0 saturated carbocycles. The number of carbonyl (C=O) groups excluding carboxylic acids is 1. The smallest absolute Gasteiger partial charge is 0.323 e. The minimum Gasteiger partial charge on any atom is -0.480 e. The summed E-state index contributed by atoms with van der Waals surface area (Å²) in [5, 5.41) is 13.3. The minimum absolute atomic E-state index is 0.159. The van der Waals surface area contributed by atoms with Crippen LogP contribution in [0, 0.1) is 13.8 Å². The van der Waals surface area contributed by atoms with Crippen LogP contribution in [0.15, 0.2) is 28.8 Å². The predicted octanol–water partition coefficient (Wildman–Crippen LogP) is 2.67. The lowest BCUT2D eigenvalue weighted by atomic mass is 10.1. The molecule has 1 aromatic carbocycles. The van der Waals surface area contributed by atoms with Crippen molar-refractivity contribution in [2.45, 2.75) is 20.4 Å². The van der Waals surface area contributed by atoms with Gasteiger partial charge in [-0.3, -0.25) is 9.59 Å². The van der Waals surface area contributed by atoms with E-state index < -0.39 is 18.4 Å². The Morgan fingerprint density at radius 3 is 2.41 bits per heavy atom. The summed E-state index contributed by atoms with van der Waals surface area (Å²) in [4.78, 5) is 24.9. The Hall–Kier alpha value is -2.34. The zero-order valence-electron chi connectivity index (χ0n) is 12.2. The molecule has 2 rings (SSSR count). The molecule has 0 spiro atoms. The largest absolute Gasteiger partial charge is 0.480 e. The van der Waals surface area contributed by atoms with Crippen LogP contribution in [-0.2, 0) is 11.3 Å². The highest BCUT2D eigenvalue weighted by atomic mass is 35.5. The number of carboxylic acids is 1. The molecule has 7 heteroatoms. The molecule has 0 bridgehead atoms. The first-order valence-corrected chi connectivity index (χ1v) is 6.94. The van der Waals surface area contributed by atoms with Crippen LogP contribution in [0.3, 0.4) is 0 Å². The van der Waals surface area contributed by atoms with Crippen LogP contribution in [0.1, 0.15) is 27.4 Å². The third-order valence-corrected chi connectivity index (χ3v) is 3.40. The van der Waals surface area contributed by atoms with Crippen molar-refractivity contribution in [2.24, 2.45) is 0 Å². The number of benzene rings is 1. The van der Waals surface area contributed by atoms with Gasteiger partial charge >= 0.3 is 5.97 Å². The first-order valence-electron chi connectivity index (χ1n) is 6.57. The summed E-state index contributed by atoms with van der Waals surface area (Å²) in [5.41, 5.74) is 1.52. The summed E-state index contributed by atoms with van der Waals surface area (Å²) in [6.45, 7) is 3.01. The Morgan fingerprint density at radius 1 is 1.27 bits per heavy atom. The van der Waals surface area contributed by atoms with Crippen molar-refractivity contribution in [1.82, 2.24) is 10.1 Å². The van der Waals surface area contributed by atoms with Gasteiger partial charge in [-0.25, -0.2) is 0 Å². The van der Waals surface area contributed by atoms with Gasteiger partial charge in [0.05, 0.1) is 5.69 Å². The standard InChI is InChI=1S/C15H15ClN2O4/c1-9-14(10(2)22-17-9)15(21)18(8-13(19)20)7-11-3-5-12(16)6-4-11/h3-6H,7-8H2,1-2H3,(H,19,20). The highest BCUT2D eigenvalue weighted by molar-refractivity contribution is 6.30. The molecule has 0 aliphatic heterocycles. The van der Waals surface area contributed by atoms with E-state index in [2.05, 4.69) is 5.16 Å². The Labute approximate surface area is 132 Å². The Balaban J connectivity index is 2.27. The summed E-state index contributed by atoms with van der Waals surface area (Å²) < 4.78 is 4.98. The maximum atomic E-state index is 12.6. The number of halogens is 1. The summed E-state index contributed by atoms with van der Waals surface area (Å²) in [7, 11) is 0. The van der Waals surface area contributed by atoms with Gasteiger partial charge in [-0.05, 0) is 31.5 Å². The van der Waals surface area contributed by atoms with Crippen molar-refractivity contribution >= 4 is 23.5 Å². The van der Waals surface area contributed by atoms with Crippen LogP contribution >= 0.6 is 11.6 Å². The second kappa shape index (κ2) is 6.62. The zero-order chi connectivity index (χ0) is 16.3. The summed E-state index contributed by atoms with van der Waals surface area (Å²) in [6.07, 6.45) is 0. The van der Waals surface area contributed by atoms with Crippen molar-refractivity contribution in [3.05, 3.63) is 51.9 Å². The lowest BCUT2D eigenvalue weighted by Crippen LogP contribution is -2.35. The van der Waals surface area contributed by atoms with E-state index in [9.17, 15) is 9.59 Å². The Bertz CT molecular complexity index is 675. The van der Waals surface area contributed by atoms with Gasteiger partial charge in [0.2, 0.25) is 0 Å². The molecule has 0 fully saturated rings. The van der Waals surface area contributed by atoms with Crippen LogP contribution in [0.5, 0.6) is 0 Å². The number of aromatic nitrogens is 1. The van der Waals surface area contributed by atoms with Gasteiger partial charge in [-0.1, -0.05) is 28.9 Å². The van der Waals surface area contributed by atoms with Crippen molar-refractivity contribution < 1.29 is 19.2 Å². The third kappa shape index (κ3) is 3.65. The van der Waals surface area contributed by atoms with Crippen LogP contribution < -0.4 is 0 Å². The molecule has 0 saturated heterocycles. The van der Waals surface area contributed by atoms with E-state index >= 15 is 0 Å². The minimum atomic E-state index is -1.09. The first kappa shape index (κ1) is 16.0. The third-order valence-electron chi connectivity index (χ3n) is 3.15. The van der Waals surface area contributed by atoms with E-state index in [1.807, 2.05) is 0 Å². The average Bonchev–Trinajstić information content (AvgIpc) is 2.78. The number of aliphatic carboxylic acids is 1. The number of hydrogen-bond acceptors (Lipinski definition) is 4. The number of amides is 1. The van der Waals surface area contributed by atoms with Crippen molar-refractivity contribution in [3.8, 4) is 0 Å². The molecule has 1 heterocycles. The number of carbonyl (C=O) groups is 2. The van der Waals surface area contributed by atoms with Gasteiger partial charge in [-0.2, -0.15) is 0 Å². The SMILES string of the molecule is Cc1noc(C)c1C(=O)N(CC(=O)O)Cc1ccc(Cl)cc1. The number of nitrogens with zero attached hydrogens (tertiary/aromatic N) is 2. The van der Waals surface area contributed by atoms with Gasteiger partial charge < -0.3 is 14.5 Å². The van der Waals surface area contributed by atoms with Crippen LogP contribution in [0.4, 0.5) is 0 Å². The molecule has 1 amide bonds. The maximum Gasteiger partial charge on any atom is 0.323 e. The molecule has 0 unspecified atom stereocenters. The molecule has 6 nitrogen and oxygen atoms in total. The lowest BCUT2D eigenvalue weighted by molar-refractivity contribution is -0.137. The highest BCUT2D eigenvalue weighted by Gasteiger charge is 2.25. The molecule has 0 aliphatic carbocycles. The fourth-order valence-electron chi connectivity index (χ4n) is 2.12. The molecule has 0 atom stereocenters. The number of rotatable bonds is 5. The summed E-state index contributed by atoms with van der Waals surface area (Å²) in [5.74, 6) is -1.14. The van der Waals surface area contributed by atoms with E-state index in [1.165, 1.54) is 4.90 Å². The van der Waals surface area contributed by atoms with Gasteiger partial charge in [0.15, 0.2) is 0 Å². The molecule has 1 aromatic heterocycles. The van der Waals surface area contributed by atoms with E-state index in [1.54, 1.807) is 38.1 Å². The van der Waals surface area contributed by atoms with Crippen molar-refractivity contribution in [2.75, 3.05) is 6.54 Å². The van der Waals surface area contributed by atoms with Crippen molar-refractivity contribution in [3.63, 3.8) is 0 Å². The van der Waals surface area contributed by atoms with Crippen LogP contribution in [0.2, 0.25) is 5.02 Å². The van der Waals surface area contributed by atoms with E-state index in [0.29, 0.717) is 22.0 Å². The van der Waals surface area contributed by atoms with Gasteiger partial charge in [-0.15, -0.1) is 0 Å². The molecule has 116 valence electrons. The second-order valence-corrected chi connectivity index (χ2v) is 5.32. The van der Waals surface area contributed by atoms with Gasteiger partial charge in [0.1, 0.15) is 17.9 Å². The van der Waals surface area contributed by atoms with Crippen molar-refractivity contribution in [1.29, 1.82) is 0 Å². The Morgan fingerprint density at radius 2 is 1.91 bits per heavy atom. The monoisotopic (exact) mass is 322 g/mol. The quantitative estimate of drug-likeness (QED) is 0.915. The Kier molecular flexibility index (Phi) is 4.82. The lowest BCUT2D eigenvalue weighted by Gasteiger charge is -2.20. The van der Waals surface area contributed by atoms with Gasteiger partial charge in [0.25, 0.3) is 5.91 Å². The number of hydrogen-bond donors (Lipinski definition) is 1. The first-order chi connectivity index (χ1) is 10.4. The van der Waals surface area contributed by atoms with E-state index in [4.69, 9.17) is 21.2 Å². The van der Waals surface area contributed by atoms with E-state index in [0.717, 1.165) is 5.56 Å². The fourth-order valence-corrected chi connectivity index (χ4v) is 2.25. The molecule has 1 N–H and O–H groups in total. The molecule has 0 aliphatic rings. The second-order valence-electron chi connectivity index (χ2n) is 4.88. The van der Waals surface area contributed by atoms with Gasteiger partial charge in [0, 0.05) is 11.6 Å². The molecule has 0 radical (unpaired) electrons. The fraction of sp³-hybridized carbons (Fsp3) is 0.267. The molecular formula is C15H15ClN2O4. The molecule has 22 heavy (non-hydrogen) atoms. The van der Waals surface area contributed by atoms with E-state index in [-0.39, 0.29) is 6.54 Å². The molecule has 2 aromatic rings. The number of carboxylic acid groups (broad SMARTS) is 1. The average molecular weight is 323 g/mol. The predicted molar refractivity (Wildman–Crippen MR) is 79.8 cm³/mol. The number of aryl methyl sites for hydroxylation is 2. The zero-order valence-corrected chi connectivity index (χ0v) is 12.9. The normalized spacial score (nSPS) is 10.5. The maximum absolute atomic E-state index is 12.6. The topological polar surface area (TPSA) is 83.6 Å². The summed E-state index contributed by atoms with van der Waals surface area (Å²) in [6, 6.07) is 6.88.